The first-order valence-corrected chi connectivity index (χ1v) is 11.8. The molecule has 2 amide bonds. The SMILES string of the molecule is Cc1cc(C)cc(N(C(=O)c2csnn2)[C@H](C(=O)NC2CCCC2)c2cccs2)c1. The molecule has 8 heteroatoms. The Morgan fingerprint density at radius 1 is 1.17 bits per heavy atom. The fourth-order valence-corrected chi connectivity index (χ4v) is 5.27. The lowest BCUT2D eigenvalue weighted by Gasteiger charge is -2.31. The molecule has 1 aliphatic carbocycles. The Balaban J connectivity index is 1.79. The molecule has 0 aliphatic heterocycles. The number of rotatable bonds is 6. The zero-order valence-corrected chi connectivity index (χ0v) is 18.6. The van der Waals surface area contributed by atoms with Gasteiger partial charge in [-0.05, 0) is 72.9 Å². The summed E-state index contributed by atoms with van der Waals surface area (Å²) in [5.74, 6) is -0.478. The molecule has 3 aromatic rings. The van der Waals surface area contributed by atoms with Crippen molar-refractivity contribution in [3.63, 3.8) is 0 Å². The van der Waals surface area contributed by atoms with Crippen molar-refractivity contribution in [2.24, 2.45) is 0 Å². The fraction of sp³-hybridized carbons (Fsp3) is 0.364. The largest absolute Gasteiger partial charge is 0.351 e. The molecule has 6 nitrogen and oxygen atoms in total. The predicted octanol–water partition coefficient (Wildman–Crippen LogP) is 4.66. The number of nitrogens with one attached hydrogen (secondary N) is 1. The van der Waals surface area contributed by atoms with Gasteiger partial charge in [0.1, 0.15) is 0 Å². The molecule has 1 fully saturated rings. The van der Waals surface area contributed by atoms with Crippen LogP contribution < -0.4 is 10.2 Å². The lowest BCUT2D eigenvalue weighted by molar-refractivity contribution is -0.123. The molecule has 0 radical (unpaired) electrons. The monoisotopic (exact) mass is 440 g/mol. The number of anilines is 1. The number of hydrogen-bond acceptors (Lipinski definition) is 6. The van der Waals surface area contributed by atoms with E-state index in [0.29, 0.717) is 5.69 Å². The third-order valence-corrected chi connectivity index (χ3v) is 6.73. The Morgan fingerprint density at radius 2 is 1.90 bits per heavy atom. The van der Waals surface area contributed by atoms with Crippen molar-refractivity contribution in [2.75, 3.05) is 4.90 Å². The molecule has 1 atom stereocenters. The summed E-state index contributed by atoms with van der Waals surface area (Å²) in [4.78, 5) is 29.5. The van der Waals surface area contributed by atoms with Gasteiger partial charge in [-0.1, -0.05) is 29.5 Å². The maximum Gasteiger partial charge on any atom is 0.280 e. The van der Waals surface area contributed by atoms with E-state index in [1.54, 1.807) is 10.3 Å². The van der Waals surface area contributed by atoms with Crippen molar-refractivity contribution in [1.29, 1.82) is 0 Å². The topological polar surface area (TPSA) is 75.2 Å². The van der Waals surface area contributed by atoms with Crippen molar-refractivity contribution in [2.45, 2.75) is 51.6 Å². The average molecular weight is 441 g/mol. The van der Waals surface area contributed by atoms with Gasteiger partial charge in [0.25, 0.3) is 5.91 Å². The van der Waals surface area contributed by atoms with Gasteiger partial charge < -0.3 is 5.32 Å². The van der Waals surface area contributed by atoms with Gasteiger partial charge in [0.2, 0.25) is 5.91 Å². The molecule has 2 heterocycles. The van der Waals surface area contributed by atoms with E-state index in [0.717, 1.165) is 53.2 Å². The van der Waals surface area contributed by atoms with Crippen molar-refractivity contribution in [3.05, 3.63) is 62.8 Å². The maximum atomic E-state index is 13.6. The van der Waals surface area contributed by atoms with Gasteiger partial charge in [-0.3, -0.25) is 14.5 Å². The van der Waals surface area contributed by atoms with Crippen LogP contribution in [0.25, 0.3) is 0 Å². The van der Waals surface area contributed by atoms with E-state index in [2.05, 4.69) is 21.0 Å². The van der Waals surface area contributed by atoms with E-state index in [1.165, 1.54) is 11.3 Å². The van der Waals surface area contributed by atoms with Crippen LogP contribution in [0.3, 0.4) is 0 Å². The van der Waals surface area contributed by atoms with Gasteiger partial charge >= 0.3 is 0 Å². The van der Waals surface area contributed by atoms with Crippen molar-refractivity contribution in [1.82, 2.24) is 14.9 Å². The second-order valence-electron chi connectivity index (χ2n) is 7.72. The van der Waals surface area contributed by atoms with Gasteiger partial charge in [0.15, 0.2) is 11.7 Å². The summed E-state index contributed by atoms with van der Waals surface area (Å²) in [7, 11) is 0. The van der Waals surface area contributed by atoms with E-state index in [4.69, 9.17) is 0 Å². The molecule has 0 saturated heterocycles. The normalized spacial score (nSPS) is 15.1. The number of aryl methyl sites for hydroxylation is 2. The summed E-state index contributed by atoms with van der Waals surface area (Å²) in [6.45, 7) is 3.98. The molecule has 1 N–H and O–H groups in total. The van der Waals surface area contributed by atoms with Gasteiger partial charge in [-0.15, -0.1) is 16.4 Å². The molecular weight excluding hydrogens is 416 g/mol. The summed E-state index contributed by atoms with van der Waals surface area (Å²) in [5, 5.41) is 10.7. The molecule has 1 saturated carbocycles. The molecule has 30 heavy (non-hydrogen) atoms. The maximum absolute atomic E-state index is 13.6. The zero-order chi connectivity index (χ0) is 21.1. The highest BCUT2D eigenvalue weighted by atomic mass is 32.1. The molecule has 0 bridgehead atoms. The third kappa shape index (κ3) is 4.44. The number of carbonyl (C=O) groups excluding carboxylic acids is 2. The number of aromatic nitrogens is 2. The number of amides is 2. The van der Waals surface area contributed by atoms with Crippen LogP contribution in [0.1, 0.15) is 58.2 Å². The molecular formula is C22H24N4O2S2. The first-order chi connectivity index (χ1) is 14.5. The minimum Gasteiger partial charge on any atom is -0.351 e. The Kier molecular flexibility index (Phi) is 6.24. The van der Waals surface area contributed by atoms with E-state index in [9.17, 15) is 9.59 Å². The van der Waals surface area contributed by atoms with E-state index in [1.807, 2.05) is 43.5 Å². The highest BCUT2D eigenvalue weighted by Crippen LogP contribution is 2.33. The van der Waals surface area contributed by atoms with Crippen LogP contribution in [0.15, 0.2) is 41.1 Å². The Hall–Kier alpha value is -2.58. The van der Waals surface area contributed by atoms with Crippen LogP contribution in [0, 0.1) is 13.8 Å². The predicted molar refractivity (Wildman–Crippen MR) is 120 cm³/mol. The third-order valence-electron chi connectivity index (χ3n) is 5.30. The molecule has 1 aliphatic rings. The average Bonchev–Trinajstić information content (AvgIpc) is 3.48. The Morgan fingerprint density at radius 3 is 2.50 bits per heavy atom. The van der Waals surface area contributed by atoms with Crippen LogP contribution in [0.2, 0.25) is 0 Å². The summed E-state index contributed by atoms with van der Waals surface area (Å²) in [6.07, 6.45) is 4.21. The first kappa shape index (κ1) is 20.7. The molecule has 0 spiro atoms. The summed E-state index contributed by atoms with van der Waals surface area (Å²) >= 11 is 2.60. The second-order valence-corrected chi connectivity index (χ2v) is 9.31. The number of carbonyl (C=O) groups is 2. The lowest BCUT2D eigenvalue weighted by Crippen LogP contribution is -2.46. The lowest BCUT2D eigenvalue weighted by atomic mass is 10.1. The van der Waals surface area contributed by atoms with E-state index < -0.39 is 6.04 Å². The number of benzene rings is 1. The van der Waals surface area contributed by atoms with Crippen molar-refractivity contribution < 1.29 is 9.59 Å². The summed E-state index contributed by atoms with van der Waals surface area (Å²) in [6, 6.07) is 9.14. The Bertz CT molecular complexity index is 992. The van der Waals surface area contributed by atoms with Crippen LogP contribution in [-0.4, -0.2) is 27.4 Å². The van der Waals surface area contributed by atoms with Crippen LogP contribution in [0.4, 0.5) is 5.69 Å². The molecule has 0 unspecified atom stereocenters. The van der Waals surface area contributed by atoms with Crippen LogP contribution in [-0.2, 0) is 4.79 Å². The quantitative estimate of drug-likeness (QED) is 0.605. The highest BCUT2D eigenvalue weighted by molar-refractivity contribution is 7.10. The standard InChI is InChI=1S/C22H24N4O2S2/c1-14-10-15(2)12-17(11-14)26(22(28)18-13-30-25-24-18)20(19-8-5-9-29-19)21(27)23-16-6-3-4-7-16/h5,8-13,16,20H,3-4,6-7H2,1-2H3,(H,23,27)/t20-/m0/s1. The van der Waals surface area contributed by atoms with Crippen LogP contribution >= 0.6 is 22.9 Å². The molecule has 2 aromatic heterocycles. The van der Waals surface area contributed by atoms with Crippen LogP contribution in [0.5, 0.6) is 0 Å². The number of nitrogens with zero attached hydrogens (tertiary/aromatic N) is 3. The van der Waals surface area contributed by atoms with Gasteiger partial charge in [0.05, 0.1) is 0 Å². The molecule has 1 aromatic carbocycles. The van der Waals surface area contributed by atoms with Crippen molar-refractivity contribution >= 4 is 40.4 Å². The number of thiophene rings is 1. The highest BCUT2D eigenvalue weighted by Gasteiger charge is 2.36. The van der Waals surface area contributed by atoms with Crippen molar-refractivity contribution in [3.8, 4) is 0 Å². The minimum atomic E-state index is -0.763. The number of hydrogen-bond donors (Lipinski definition) is 1. The smallest absolute Gasteiger partial charge is 0.280 e. The second kappa shape index (κ2) is 9.06. The fourth-order valence-electron chi connectivity index (χ4n) is 4.03. The summed E-state index contributed by atoms with van der Waals surface area (Å²) in [5.41, 5.74) is 2.99. The van der Waals surface area contributed by atoms with Gasteiger partial charge in [0, 0.05) is 22.0 Å². The molecule has 156 valence electrons. The van der Waals surface area contributed by atoms with E-state index in [-0.39, 0.29) is 23.6 Å². The van der Waals surface area contributed by atoms with Gasteiger partial charge in [-0.25, -0.2) is 0 Å². The van der Waals surface area contributed by atoms with Gasteiger partial charge in [-0.2, -0.15) is 0 Å². The minimum absolute atomic E-state index is 0.153. The first-order valence-electron chi connectivity index (χ1n) is 10.1. The zero-order valence-electron chi connectivity index (χ0n) is 17.0. The Labute approximate surface area is 184 Å². The summed E-state index contributed by atoms with van der Waals surface area (Å²) < 4.78 is 3.85. The molecule has 4 rings (SSSR count). The van der Waals surface area contributed by atoms with E-state index >= 15 is 0 Å².